The van der Waals surface area contributed by atoms with Gasteiger partial charge in [0, 0.05) is 70.7 Å². The summed E-state index contributed by atoms with van der Waals surface area (Å²) in [7, 11) is 5.91. The number of aromatic nitrogens is 5. The molecule has 0 atom stereocenters. The number of imidazole rings is 1. The van der Waals surface area contributed by atoms with E-state index in [4.69, 9.17) is 14.8 Å². The van der Waals surface area contributed by atoms with E-state index in [1.54, 1.807) is 23.5 Å². The molecule has 46 heavy (non-hydrogen) atoms. The Labute approximate surface area is 276 Å². The number of aromatic carboxylic acids is 1. The van der Waals surface area contributed by atoms with Crippen molar-refractivity contribution in [2.75, 3.05) is 6.61 Å². The number of fused-ring (bicyclic) bond motifs is 8. The first kappa shape index (κ1) is 30.3. The number of ether oxygens (including phenoxy) is 1. The summed E-state index contributed by atoms with van der Waals surface area (Å²) in [5.41, 5.74) is 8.40. The quantitative estimate of drug-likeness (QED) is 0.198. The fourth-order valence-corrected chi connectivity index (χ4v) is 8.41. The highest BCUT2D eigenvalue weighted by Crippen LogP contribution is 2.40. The van der Waals surface area contributed by atoms with Gasteiger partial charge in [-0.2, -0.15) is 5.10 Å². The SMILES string of the molecule is Cc1ccc2c3c(C(=O)O)n(C)c2c1-c1c(nc(C)n1C)CSCc1cc(n(C)n1)CSc1cc(c2ccc#cc2c1)OCCC3. The van der Waals surface area contributed by atoms with Gasteiger partial charge in [0.15, 0.2) is 0 Å². The summed E-state index contributed by atoms with van der Waals surface area (Å²) in [5, 5.41) is 18.2. The molecule has 0 saturated carbocycles. The van der Waals surface area contributed by atoms with Crippen LogP contribution in [0.2, 0.25) is 0 Å². The Kier molecular flexibility index (Phi) is 7.99. The zero-order valence-corrected chi connectivity index (χ0v) is 28.2. The number of hydrogen-bond acceptors (Lipinski definition) is 6. The van der Waals surface area contributed by atoms with E-state index in [2.05, 4.69) is 54.0 Å². The van der Waals surface area contributed by atoms with Crippen LogP contribution >= 0.6 is 23.5 Å². The predicted molar refractivity (Wildman–Crippen MR) is 185 cm³/mol. The summed E-state index contributed by atoms with van der Waals surface area (Å²) in [4.78, 5) is 18.8. The number of rotatable bonds is 1. The van der Waals surface area contributed by atoms with Crippen LogP contribution < -0.4 is 4.74 Å². The molecule has 234 valence electrons. The second-order valence-electron chi connectivity index (χ2n) is 11.8. The van der Waals surface area contributed by atoms with E-state index >= 15 is 0 Å². The minimum absolute atomic E-state index is 0.318. The average Bonchev–Trinajstić information content (AvgIpc) is 3.63. The maximum absolute atomic E-state index is 12.7. The van der Waals surface area contributed by atoms with Crippen LogP contribution in [-0.4, -0.2) is 41.6 Å². The van der Waals surface area contributed by atoms with Crippen LogP contribution in [0.1, 0.15) is 50.9 Å². The van der Waals surface area contributed by atoms with Crippen LogP contribution in [0.15, 0.2) is 47.4 Å². The summed E-state index contributed by atoms with van der Waals surface area (Å²) < 4.78 is 12.4. The van der Waals surface area contributed by atoms with Gasteiger partial charge in [-0.05, 0) is 68.1 Å². The largest absolute Gasteiger partial charge is 0.493 e. The first-order valence-corrected chi connectivity index (χ1v) is 17.4. The van der Waals surface area contributed by atoms with Crippen LogP contribution in [0, 0.1) is 26.0 Å². The van der Waals surface area contributed by atoms with Crippen LogP contribution in [0.25, 0.3) is 32.9 Å². The summed E-state index contributed by atoms with van der Waals surface area (Å²) in [6.07, 6.45) is 1.23. The molecule has 8 bridgehead atoms. The van der Waals surface area contributed by atoms with Crippen molar-refractivity contribution in [2.24, 2.45) is 21.1 Å². The topological polar surface area (TPSA) is 87.1 Å². The molecule has 0 fully saturated rings. The molecule has 0 radical (unpaired) electrons. The first-order valence-electron chi connectivity index (χ1n) is 15.3. The zero-order valence-electron chi connectivity index (χ0n) is 26.6. The lowest BCUT2D eigenvalue weighted by molar-refractivity contribution is 0.0685. The van der Waals surface area contributed by atoms with Gasteiger partial charge in [-0.25, -0.2) is 9.78 Å². The van der Waals surface area contributed by atoms with Crippen molar-refractivity contribution in [2.45, 2.75) is 48.8 Å². The molecule has 4 heterocycles. The lowest BCUT2D eigenvalue weighted by atomic mass is 9.98. The van der Waals surface area contributed by atoms with E-state index in [1.807, 2.05) is 49.4 Å². The number of nitrogens with zero attached hydrogens (tertiary/aromatic N) is 5. The van der Waals surface area contributed by atoms with Crippen LogP contribution in [0.4, 0.5) is 0 Å². The van der Waals surface area contributed by atoms with Gasteiger partial charge in [0.2, 0.25) is 0 Å². The lowest BCUT2D eigenvalue weighted by Gasteiger charge is -2.14. The third-order valence-electron chi connectivity index (χ3n) is 8.89. The van der Waals surface area contributed by atoms with E-state index < -0.39 is 5.97 Å². The van der Waals surface area contributed by atoms with Crippen molar-refractivity contribution in [3.8, 4) is 17.0 Å². The fourth-order valence-electron chi connectivity index (χ4n) is 6.58. The highest BCUT2D eigenvalue weighted by Gasteiger charge is 2.26. The molecule has 6 aromatic rings. The molecule has 7 rings (SSSR count). The second kappa shape index (κ2) is 12.1. The molecule has 3 aromatic heterocycles. The standard InChI is InChI=1S/C36H35N5O3S2/c1-21-12-13-29-28-11-8-14-44-31-17-26(15-23-9-6-7-10-27(23)31)46-19-25-16-24(38-41(25)5)18-45-20-30-35(39(3)22(2)37-30)32(21)33(29)40(4)34(28)36(42)43/h7,10,12-13,15-17H,8,11,14,18-20H2,1-5H3,(H,42,43). The Morgan fingerprint density at radius 3 is 2.70 bits per heavy atom. The van der Waals surface area contributed by atoms with Crippen molar-refractivity contribution in [1.82, 2.24) is 23.9 Å². The third-order valence-corrected chi connectivity index (χ3v) is 10.9. The molecule has 0 aliphatic carbocycles. The highest BCUT2D eigenvalue weighted by atomic mass is 32.2. The minimum Gasteiger partial charge on any atom is -0.493 e. The Morgan fingerprint density at radius 2 is 1.87 bits per heavy atom. The molecule has 0 amide bonds. The Hall–Kier alpha value is -4.33. The number of carboxylic acids is 1. The van der Waals surface area contributed by atoms with Gasteiger partial charge in [-0.1, -0.05) is 24.3 Å². The van der Waals surface area contributed by atoms with E-state index in [9.17, 15) is 9.90 Å². The monoisotopic (exact) mass is 649 g/mol. The molecule has 10 heteroatoms. The lowest BCUT2D eigenvalue weighted by Crippen LogP contribution is -2.09. The maximum Gasteiger partial charge on any atom is 0.352 e. The molecule has 0 saturated heterocycles. The van der Waals surface area contributed by atoms with Crippen LogP contribution in [0.5, 0.6) is 5.75 Å². The maximum atomic E-state index is 12.7. The molecule has 1 aliphatic heterocycles. The molecule has 1 N–H and O–H groups in total. The van der Waals surface area contributed by atoms with Gasteiger partial charge in [0.25, 0.3) is 0 Å². The zero-order chi connectivity index (χ0) is 32.1. The molecule has 8 nitrogen and oxygen atoms in total. The number of hydrogen-bond donors (Lipinski definition) is 1. The van der Waals surface area contributed by atoms with Crippen molar-refractivity contribution in [3.05, 3.63) is 94.3 Å². The van der Waals surface area contributed by atoms with Crippen LogP contribution in [-0.2, 0) is 44.8 Å². The normalized spacial score (nSPS) is 14.1. The van der Waals surface area contributed by atoms with Crippen LogP contribution in [0.3, 0.4) is 0 Å². The van der Waals surface area contributed by atoms with Gasteiger partial charge >= 0.3 is 5.97 Å². The van der Waals surface area contributed by atoms with E-state index in [0.717, 1.165) is 89.1 Å². The second-order valence-corrected chi connectivity index (χ2v) is 13.9. The van der Waals surface area contributed by atoms with E-state index in [-0.39, 0.29) is 0 Å². The average molecular weight is 650 g/mol. The molecule has 0 unspecified atom stereocenters. The predicted octanol–water partition coefficient (Wildman–Crippen LogP) is 7.43. The van der Waals surface area contributed by atoms with Crippen molar-refractivity contribution < 1.29 is 14.6 Å². The Bertz CT molecular complexity index is 2140. The molecular weight excluding hydrogens is 615 g/mol. The molecule has 0 spiro atoms. The first-order chi connectivity index (χ1) is 22.2. The fraction of sp³-hybridized carbons (Fsp3) is 0.306. The number of thioether (sulfide) groups is 2. The minimum atomic E-state index is -0.929. The highest BCUT2D eigenvalue weighted by molar-refractivity contribution is 7.98. The van der Waals surface area contributed by atoms with Crippen molar-refractivity contribution in [1.29, 1.82) is 0 Å². The summed E-state index contributed by atoms with van der Waals surface area (Å²) in [5.74, 6) is 3.03. The summed E-state index contributed by atoms with van der Waals surface area (Å²) in [6, 6.07) is 20.8. The van der Waals surface area contributed by atoms with Gasteiger partial charge in [-0.3, -0.25) is 4.68 Å². The van der Waals surface area contributed by atoms with Gasteiger partial charge < -0.3 is 19.0 Å². The Balaban J connectivity index is 1.36. The molecule has 1 aliphatic rings. The van der Waals surface area contributed by atoms with E-state index in [0.29, 0.717) is 30.9 Å². The summed E-state index contributed by atoms with van der Waals surface area (Å²) in [6.45, 7) is 4.56. The number of carboxylic acid groups (broad SMARTS) is 1. The van der Waals surface area contributed by atoms with Gasteiger partial charge in [0.05, 0.1) is 29.2 Å². The summed E-state index contributed by atoms with van der Waals surface area (Å²) >= 11 is 3.54. The van der Waals surface area contributed by atoms with Gasteiger partial charge in [0.1, 0.15) is 17.3 Å². The number of benzene rings is 2. The number of aryl methyl sites for hydroxylation is 5. The molecular formula is C36H35N5O3S2. The smallest absolute Gasteiger partial charge is 0.352 e. The van der Waals surface area contributed by atoms with Gasteiger partial charge in [-0.15, -0.1) is 23.5 Å². The third kappa shape index (κ3) is 5.31. The van der Waals surface area contributed by atoms with Crippen molar-refractivity contribution >= 4 is 51.2 Å². The molecule has 3 aromatic carbocycles. The van der Waals surface area contributed by atoms with Crippen molar-refractivity contribution in [3.63, 3.8) is 0 Å². The number of carbonyl (C=O) groups is 1. The van der Waals surface area contributed by atoms with E-state index in [1.165, 1.54) is 0 Å². The Morgan fingerprint density at radius 1 is 1.02 bits per heavy atom.